The summed E-state index contributed by atoms with van der Waals surface area (Å²) < 4.78 is 5.39. The average Bonchev–Trinajstić information content (AvgIpc) is 3.18. The Balaban J connectivity index is 1.86. The molecule has 2 amide bonds. The van der Waals surface area contributed by atoms with E-state index < -0.39 is 10.8 Å². The first-order valence-corrected chi connectivity index (χ1v) is 10.7. The van der Waals surface area contributed by atoms with Gasteiger partial charge in [0.15, 0.2) is 0 Å². The van der Waals surface area contributed by atoms with Gasteiger partial charge in [-0.3, -0.25) is 19.7 Å². The molecule has 9 heteroatoms. The van der Waals surface area contributed by atoms with Gasteiger partial charge in [0.25, 0.3) is 17.5 Å². The predicted octanol–water partition coefficient (Wildman–Crippen LogP) is 3.81. The largest absolute Gasteiger partial charge is 0.496 e. The standard InChI is InChI=1S/C22H22BrN3O5/c1-31-20-8-3-2-5-16(20)17(22(28)25-19-7-4-6-18(19)23)13-24-21(27)14-9-11-15(12-10-14)26(29)30/h2-3,5,8-13,18-19H,4,6-7H2,1H3,(H,24,27)(H,25,28). The molecule has 3 rings (SSSR count). The van der Waals surface area contributed by atoms with Crippen molar-refractivity contribution in [2.45, 2.75) is 30.1 Å². The van der Waals surface area contributed by atoms with Crippen LogP contribution in [0, 0.1) is 10.1 Å². The van der Waals surface area contributed by atoms with Crippen LogP contribution in [0.15, 0.2) is 54.7 Å². The third kappa shape index (κ3) is 5.49. The Kier molecular flexibility index (Phi) is 7.41. The number of ether oxygens (including phenoxy) is 1. The summed E-state index contributed by atoms with van der Waals surface area (Å²) in [5.41, 5.74) is 0.912. The van der Waals surface area contributed by atoms with Crippen LogP contribution in [0.2, 0.25) is 0 Å². The molecule has 31 heavy (non-hydrogen) atoms. The van der Waals surface area contributed by atoms with Crippen LogP contribution in [0.1, 0.15) is 35.2 Å². The molecule has 0 bridgehead atoms. The van der Waals surface area contributed by atoms with Gasteiger partial charge >= 0.3 is 0 Å². The number of carbonyl (C=O) groups excluding carboxylic acids is 2. The number of para-hydroxylation sites is 1. The number of amides is 2. The van der Waals surface area contributed by atoms with Gasteiger partial charge in [-0.15, -0.1) is 0 Å². The van der Waals surface area contributed by atoms with Gasteiger partial charge in [0.1, 0.15) is 5.75 Å². The van der Waals surface area contributed by atoms with Crippen molar-refractivity contribution in [2.24, 2.45) is 0 Å². The Morgan fingerprint density at radius 3 is 2.48 bits per heavy atom. The zero-order valence-corrected chi connectivity index (χ0v) is 18.4. The number of nitro groups is 1. The second kappa shape index (κ2) is 10.2. The molecule has 1 aliphatic rings. The zero-order valence-electron chi connectivity index (χ0n) is 16.8. The molecule has 1 aliphatic carbocycles. The fraction of sp³-hybridized carbons (Fsp3) is 0.273. The van der Waals surface area contributed by atoms with Gasteiger partial charge in [0.05, 0.1) is 17.6 Å². The molecule has 0 saturated heterocycles. The highest BCUT2D eigenvalue weighted by atomic mass is 79.9. The van der Waals surface area contributed by atoms with Crippen molar-refractivity contribution < 1.29 is 19.2 Å². The number of halogens is 1. The molecule has 2 unspecified atom stereocenters. The number of benzene rings is 2. The van der Waals surface area contributed by atoms with Gasteiger partial charge in [-0.05, 0) is 31.0 Å². The quantitative estimate of drug-likeness (QED) is 0.267. The van der Waals surface area contributed by atoms with Gasteiger partial charge in [-0.1, -0.05) is 40.5 Å². The minimum atomic E-state index is -0.536. The third-order valence-electron chi connectivity index (χ3n) is 5.08. The molecular formula is C22H22BrN3O5. The summed E-state index contributed by atoms with van der Waals surface area (Å²) in [4.78, 5) is 36.1. The molecule has 1 saturated carbocycles. The first kappa shape index (κ1) is 22.5. The van der Waals surface area contributed by atoms with Crippen molar-refractivity contribution in [3.8, 4) is 5.75 Å². The van der Waals surface area contributed by atoms with Crippen molar-refractivity contribution in [3.05, 3.63) is 76.0 Å². The van der Waals surface area contributed by atoms with Crippen LogP contribution in [0.3, 0.4) is 0 Å². The zero-order chi connectivity index (χ0) is 22.4. The van der Waals surface area contributed by atoms with Crippen LogP contribution >= 0.6 is 15.9 Å². The van der Waals surface area contributed by atoms with E-state index in [1.54, 1.807) is 24.3 Å². The van der Waals surface area contributed by atoms with Gasteiger partial charge in [-0.2, -0.15) is 0 Å². The molecule has 2 aromatic carbocycles. The Morgan fingerprint density at radius 2 is 1.87 bits per heavy atom. The maximum atomic E-state index is 13.1. The number of nitro benzene ring substituents is 1. The van der Waals surface area contributed by atoms with E-state index in [0.29, 0.717) is 11.3 Å². The minimum Gasteiger partial charge on any atom is -0.496 e. The summed E-state index contributed by atoms with van der Waals surface area (Å²) in [5, 5.41) is 16.4. The van der Waals surface area contributed by atoms with E-state index in [1.807, 2.05) is 0 Å². The lowest BCUT2D eigenvalue weighted by Gasteiger charge is -2.19. The first-order valence-electron chi connectivity index (χ1n) is 9.74. The molecule has 0 radical (unpaired) electrons. The maximum absolute atomic E-state index is 13.1. The molecular weight excluding hydrogens is 466 g/mol. The molecule has 0 spiro atoms. The van der Waals surface area contributed by atoms with Crippen LogP contribution in [0.25, 0.3) is 5.57 Å². The SMILES string of the molecule is COc1ccccc1C(=CNC(=O)c1ccc([N+](=O)[O-])cc1)C(=O)NC1CCCC1Br. The molecule has 0 aromatic heterocycles. The Labute approximate surface area is 187 Å². The Hall–Kier alpha value is -3.20. The number of nitrogens with zero attached hydrogens (tertiary/aromatic N) is 1. The molecule has 0 heterocycles. The van der Waals surface area contributed by atoms with Crippen LogP contribution in [-0.4, -0.2) is 34.7 Å². The Morgan fingerprint density at radius 1 is 1.16 bits per heavy atom. The van der Waals surface area contributed by atoms with E-state index in [1.165, 1.54) is 37.6 Å². The first-order chi connectivity index (χ1) is 14.9. The molecule has 2 aromatic rings. The van der Waals surface area contributed by atoms with Crippen molar-refractivity contribution in [3.63, 3.8) is 0 Å². The number of hydrogen-bond donors (Lipinski definition) is 2. The molecule has 2 atom stereocenters. The van der Waals surface area contributed by atoms with E-state index in [-0.39, 0.29) is 33.6 Å². The number of hydrogen-bond acceptors (Lipinski definition) is 5. The topological polar surface area (TPSA) is 111 Å². The van der Waals surface area contributed by atoms with Crippen LogP contribution in [-0.2, 0) is 4.79 Å². The fourth-order valence-electron chi connectivity index (χ4n) is 3.41. The van der Waals surface area contributed by atoms with E-state index in [0.717, 1.165) is 19.3 Å². The average molecular weight is 488 g/mol. The fourth-order valence-corrected chi connectivity index (χ4v) is 4.13. The number of methoxy groups -OCH3 is 1. The number of rotatable bonds is 7. The maximum Gasteiger partial charge on any atom is 0.269 e. The summed E-state index contributed by atoms with van der Waals surface area (Å²) in [7, 11) is 1.51. The van der Waals surface area contributed by atoms with E-state index in [2.05, 4.69) is 26.6 Å². The van der Waals surface area contributed by atoms with Crippen molar-refractivity contribution in [1.82, 2.24) is 10.6 Å². The normalized spacial score (nSPS) is 18.3. The second-order valence-electron chi connectivity index (χ2n) is 7.06. The predicted molar refractivity (Wildman–Crippen MR) is 120 cm³/mol. The molecule has 1 fully saturated rings. The molecule has 0 aliphatic heterocycles. The third-order valence-corrected chi connectivity index (χ3v) is 6.17. The number of carbonyl (C=O) groups is 2. The number of alkyl halides is 1. The monoisotopic (exact) mass is 487 g/mol. The highest BCUT2D eigenvalue weighted by Gasteiger charge is 2.28. The highest BCUT2D eigenvalue weighted by Crippen LogP contribution is 2.29. The van der Waals surface area contributed by atoms with Crippen molar-refractivity contribution in [1.29, 1.82) is 0 Å². The van der Waals surface area contributed by atoms with Gasteiger partial charge in [-0.25, -0.2) is 0 Å². The lowest BCUT2D eigenvalue weighted by Crippen LogP contribution is -2.38. The van der Waals surface area contributed by atoms with Crippen molar-refractivity contribution in [2.75, 3.05) is 7.11 Å². The summed E-state index contributed by atoms with van der Waals surface area (Å²) in [6.07, 6.45) is 4.21. The molecule has 162 valence electrons. The minimum absolute atomic E-state index is 0.00372. The van der Waals surface area contributed by atoms with E-state index in [4.69, 9.17) is 4.74 Å². The lowest BCUT2D eigenvalue weighted by molar-refractivity contribution is -0.384. The number of non-ortho nitro benzene ring substituents is 1. The van der Waals surface area contributed by atoms with E-state index >= 15 is 0 Å². The summed E-state index contributed by atoms with van der Waals surface area (Å²) in [6.45, 7) is 0. The highest BCUT2D eigenvalue weighted by molar-refractivity contribution is 9.09. The summed E-state index contributed by atoms with van der Waals surface area (Å²) in [5.74, 6) is -0.325. The van der Waals surface area contributed by atoms with E-state index in [9.17, 15) is 19.7 Å². The molecule has 2 N–H and O–H groups in total. The van der Waals surface area contributed by atoms with Gasteiger partial charge in [0, 0.05) is 40.3 Å². The number of nitrogens with one attached hydrogen (secondary N) is 2. The molecule has 8 nitrogen and oxygen atoms in total. The lowest BCUT2D eigenvalue weighted by atomic mass is 10.0. The summed E-state index contributed by atoms with van der Waals surface area (Å²) >= 11 is 3.60. The van der Waals surface area contributed by atoms with Gasteiger partial charge < -0.3 is 15.4 Å². The van der Waals surface area contributed by atoms with Crippen LogP contribution in [0.5, 0.6) is 5.75 Å². The van der Waals surface area contributed by atoms with Gasteiger partial charge in [0.2, 0.25) is 0 Å². The van der Waals surface area contributed by atoms with Crippen LogP contribution < -0.4 is 15.4 Å². The Bertz CT molecular complexity index is 1010. The van der Waals surface area contributed by atoms with Crippen molar-refractivity contribution >= 4 is 39.0 Å². The second-order valence-corrected chi connectivity index (χ2v) is 8.24. The van der Waals surface area contributed by atoms with Crippen LogP contribution in [0.4, 0.5) is 5.69 Å². The summed E-state index contributed by atoms with van der Waals surface area (Å²) in [6, 6.07) is 12.3. The smallest absolute Gasteiger partial charge is 0.269 e.